The predicted octanol–water partition coefficient (Wildman–Crippen LogP) is 2.61. The second-order valence-electron chi connectivity index (χ2n) is 4.19. The molecular weight excluding hydrogens is 354 g/mol. The third-order valence-electron chi connectivity index (χ3n) is 2.30. The van der Waals surface area contributed by atoms with Gasteiger partial charge >= 0.3 is 12.3 Å². The lowest BCUT2D eigenvalue weighted by Crippen LogP contribution is -2.46. The third kappa shape index (κ3) is 5.09. The number of carboxylic acid groups (broad SMARTS) is 1. The van der Waals surface area contributed by atoms with Crippen LogP contribution >= 0.6 is 22.6 Å². The topological polar surface area (TPSA) is 66.4 Å². The number of ketones is 1. The molecule has 2 N–H and O–H groups in total. The Labute approximate surface area is 110 Å². The van der Waals surface area contributed by atoms with Gasteiger partial charge in [0.15, 0.2) is 5.78 Å². The van der Waals surface area contributed by atoms with E-state index in [0.29, 0.717) is 0 Å². The number of Topliss-reactive ketones (excluding diaryl/α,β-unsaturated/α-hetero) is 1. The summed E-state index contributed by atoms with van der Waals surface area (Å²) < 4.78 is 37.8. The number of amides is 1. The fourth-order valence-corrected chi connectivity index (χ4v) is 1.65. The monoisotopic (exact) mass is 367 g/mol. The molecule has 0 aromatic rings. The molecule has 0 spiro atoms. The fourth-order valence-electron chi connectivity index (χ4n) is 1.11. The van der Waals surface area contributed by atoms with Crippen molar-refractivity contribution in [1.29, 1.82) is 0 Å². The lowest BCUT2D eigenvalue weighted by atomic mass is 9.84. The molecule has 0 fully saturated rings. The Hall–Kier alpha value is -0.540. The molecule has 100 valence electrons. The summed E-state index contributed by atoms with van der Waals surface area (Å²) in [5, 5.41) is 10.3. The molecule has 0 aromatic carbocycles. The SMILES string of the molecule is CC(C)(CC(NC(=O)O)C(=O)CI)C(F)(F)F. The number of nitrogens with one attached hydrogen (secondary N) is 1. The van der Waals surface area contributed by atoms with E-state index in [1.807, 2.05) is 5.32 Å². The van der Waals surface area contributed by atoms with Gasteiger partial charge in [-0.1, -0.05) is 36.4 Å². The molecular formula is C9H13F3INO3. The molecule has 0 rings (SSSR count). The van der Waals surface area contributed by atoms with Gasteiger partial charge in [-0.15, -0.1) is 0 Å². The number of alkyl halides is 4. The average Bonchev–Trinajstić information content (AvgIpc) is 2.12. The maximum absolute atomic E-state index is 12.6. The first-order chi connectivity index (χ1) is 7.51. The van der Waals surface area contributed by atoms with Crippen molar-refractivity contribution in [2.75, 3.05) is 4.43 Å². The van der Waals surface area contributed by atoms with Gasteiger partial charge in [-0.25, -0.2) is 4.79 Å². The van der Waals surface area contributed by atoms with E-state index in [-0.39, 0.29) is 4.43 Å². The van der Waals surface area contributed by atoms with E-state index in [1.54, 1.807) is 22.6 Å². The van der Waals surface area contributed by atoms with Gasteiger partial charge in [-0.05, 0) is 6.42 Å². The van der Waals surface area contributed by atoms with Gasteiger partial charge in [-0.2, -0.15) is 13.2 Å². The second kappa shape index (κ2) is 5.87. The van der Waals surface area contributed by atoms with Crippen LogP contribution in [0.4, 0.5) is 18.0 Å². The Morgan fingerprint density at radius 2 is 1.82 bits per heavy atom. The Morgan fingerprint density at radius 3 is 2.12 bits per heavy atom. The summed E-state index contributed by atoms with van der Waals surface area (Å²) in [7, 11) is 0. The van der Waals surface area contributed by atoms with Crippen LogP contribution in [0.5, 0.6) is 0 Å². The van der Waals surface area contributed by atoms with E-state index in [4.69, 9.17) is 5.11 Å². The molecule has 8 heteroatoms. The zero-order valence-electron chi connectivity index (χ0n) is 9.27. The summed E-state index contributed by atoms with van der Waals surface area (Å²) in [5.41, 5.74) is -2.12. The van der Waals surface area contributed by atoms with Crippen molar-refractivity contribution in [2.45, 2.75) is 32.5 Å². The van der Waals surface area contributed by atoms with Gasteiger partial charge in [0, 0.05) is 0 Å². The molecule has 0 aliphatic rings. The minimum Gasteiger partial charge on any atom is -0.465 e. The van der Waals surface area contributed by atoms with Crippen LogP contribution in [0.2, 0.25) is 0 Å². The van der Waals surface area contributed by atoms with Crippen molar-refractivity contribution in [3.05, 3.63) is 0 Å². The minimum absolute atomic E-state index is 0.0450. The van der Waals surface area contributed by atoms with Crippen LogP contribution in [0.3, 0.4) is 0 Å². The average molecular weight is 367 g/mol. The van der Waals surface area contributed by atoms with Gasteiger partial charge in [-0.3, -0.25) is 4.79 Å². The number of hydrogen-bond donors (Lipinski definition) is 2. The smallest absolute Gasteiger partial charge is 0.405 e. The maximum Gasteiger partial charge on any atom is 0.405 e. The highest BCUT2D eigenvalue weighted by Crippen LogP contribution is 2.41. The van der Waals surface area contributed by atoms with Crippen molar-refractivity contribution < 1.29 is 27.9 Å². The zero-order valence-corrected chi connectivity index (χ0v) is 11.4. The fraction of sp³-hybridized carbons (Fsp3) is 0.778. The van der Waals surface area contributed by atoms with Crippen LogP contribution in [-0.2, 0) is 4.79 Å². The van der Waals surface area contributed by atoms with Crippen molar-refractivity contribution >= 4 is 34.5 Å². The van der Waals surface area contributed by atoms with Crippen molar-refractivity contribution in [1.82, 2.24) is 5.32 Å². The molecule has 1 amide bonds. The summed E-state index contributed by atoms with van der Waals surface area (Å²) in [6.07, 6.45) is -6.60. The molecule has 1 atom stereocenters. The van der Waals surface area contributed by atoms with Gasteiger partial charge in [0.05, 0.1) is 15.9 Å². The van der Waals surface area contributed by atoms with Gasteiger partial charge in [0.25, 0.3) is 0 Å². The highest BCUT2D eigenvalue weighted by Gasteiger charge is 2.49. The summed E-state index contributed by atoms with van der Waals surface area (Å²) in [5.74, 6) is -0.565. The van der Waals surface area contributed by atoms with Crippen molar-refractivity contribution in [2.24, 2.45) is 5.41 Å². The molecule has 0 aromatic heterocycles. The zero-order chi connectivity index (χ0) is 13.9. The van der Waals surface area contributed by atoms with Crippen LogP contribution in [-0.4, -0.2) is 33.6 Å². The van der Waals surface area contributed by atoms with Crippen LogP contribution < -0.4 is 5.32 Å². The number of carbonyl (C=O) groups excluding carboxylic acids is 1. The Morgan fingerprint density at radius 1 is 1.35 bits per heavy atom. The lowest BCUT2D eigenvalue weighted by Gasteiger charge is -2.30. The van der Waals surface area contributed by atoms with Gasteiger partial charge in [0.2, 0.25) is 0 Å². The van der Waals surface area contributed by atoms with Crippen LogP contribution in [0.15, 0.2) is 0 Å². The first-order valence-electron chi connectivity index (χ1n) is 4.66. The van der Waals surface area contributed by atoms with Gasteiger partial charge in [0.1, 0.15) is 0 Å². The van der Waals surface area contributed by atoms with Crippen LogP contribution in [0, 0.1) is 5.41 Å². The highest BCUT2D eigenvalue weighted by molar-refractivity contribution is 14.1. The first kappa shape index (κ1) is 16.5. The molecule has 0 bridgehead atoms. The van der Waals surface area contributed by atoms with E-state index in [2.05, 4.69) is 0 Å². The summed E-state index contributed by atoms with van der Waals surface area (Å²) in [6.45, 7) is 1.87. The number of rotatable bonds is 5. The molecule has 1 unspecified atom stereocenters. The van der Waals surface area contributed by atoms with E-state index < -0.39 is 35.9 Å². The van der Waals surface area contributed by atoms with Gasteiger partial charge < -0.3 is 10.4 Å². The second-order valence-corrected chi connectivity index (χ2v) is 4.95. The third-order valence-corrected chi connectivity index (χ3v) is 3.05. The largest absolute Gasteiger partial charge is 0.465 e. The standard InChI is InChI=1S/C9H13F3INO3/c1-8(2,9(10,11)12)3-5(6(15)4-13)14-7(16)17/h5,14H,3-4H2,1-2H3,(H,16,17). The summed E-state index contributed by atoms with van der Waals surface area (Å²) in [6, 6.07) is -1.33. The molecule has 4 nitrogen and oxygen atoms in total. The quantitative estimate of drug-likeness (QED) is 0.580. The Bertz CT molecular complexity index is 304. The first-order valence-corrected chi connectivity index (χ1v) is 6.18. The molecule has 0 saturated carbocycles. The molecule has 0 heterocycles. The molecule has 0 radical (unpaired) electrons. The normalized spacial score (nSPS) is 14.2. The Balaban J connectivity index is 4.86. The van der Waals surface area contributed by atoms with Crippen molar-refractivity contribution in [3.63, 3.8) is 0 Å². The lowest BCUT2D eigenvalue weighted by molar-refractivity contribution is -0.215. The highest BCUT2D eigenvalue weighted by atomic mass is 127. The van der Waals surface area contributed by atoms with E-state index in [9.17, 15) is 22.8 Å². The van der Waals surface area contributed by atoms with E-state index >= 15 is 0 Å². The summed E-state index contributed by atoms with van der Waals surface area (Å²) in [4.78, 5) is 21.8. The van der Waals surface area contributed by atoms with E-state index in [1.165, 1.54) is 0 Å². The molecule has 17 heavy (non-hydrogen) atoms. The Kier molecular flexibility index (Phi) is 5.69. The minimum atomic E-state index is -4.49. The van der Waals surface area contributed by atoms with E-state index in [0.717, 1.165) is 13.8 Å². The maximum atomic E-state index is 12.6. The predicted molar refractivity (Wildman–Crippen MR) is 63.3 cm³/mol. The van der Waals surface area contributed by atoms with Crippen LogP contribution in [0.25, 0.3) is 0 Å². The summed E-state index contributed by atoms with van der Waals surface area (Å²) >= 11 is 1.68. The van der Waals surface area contributed by atoms with Crippen molar-refractivity contribution in [3.8, 4) is 0 Å². The number of carbonyl (C=O) groups is 2. The number of halogens is 4. The molecule has 0 aliphatic carbocycles. The molecule has 0 aliphatic heterocycles. The number of hydrogen-bond acceptors (Lipinski definition) is 2. The van der Waals surface area contributed by atoms with Crippen LogP contribution in [0.1, 0.15) is 20.3 Å². The molecule has 0 saturated heterocycles.